The summed E-state index contributed by atoms with van der Waals surface area (Å²) in [7, 11) is 0. The van der Waals surface area contributed by atoms with Crippen molar-refractivity contribution in [1.29, 1.82) is 0 Å². The molecule has 0 bridgehead atoms. The first-order valence-corrected chi connectivity index (χ1v) is 9.20. The van der Waals surface area contributed by atoms with Crippen molar-refractivity contribution in [2.75, 3.05) is 45.8 Å². The van der Waals surface area contributed by atoms with Crippen molar-refractivity contribution in [2.45, 2.75) is 19.8 Å². The van der Waals surface area contributed by atoms with Gasteiger partial charge in [0, 0.05) is 51.3 Å². The van der Waals surface area contributed by atoms with Crippen LogP contribution in [0.3, 0.4) is 0 Å². The van der Waals surface area contributed by atoms with Gasteiger partial charge in [0.15, 0.2) is 0 Å². The Morgan fingerprint density at radius 3 is 2.31 bits per heavy atom. The van der Waals surface area contributed by atoms with Crippen molar-refractivity contribution in [3.05, 3.63) is 35.9 Å². The first-order chi connectivity index (χ1) is 12.6. The van der Waals surface area contributed by atoms with Gasteiger partial charge in [-0.05, 0) is 18.6 Å². The van der Waals surface area contributed by atoms with Gasteiger partial charge >= 0.3 is 0 Å². The van der Waals surface area contributed by atoms with E-state index >= 15 is 0 Å². The molecule has 1 fully saturated rings. The first-order valence-electron chi connectivity index (χ1n) is 9.20. The highest BCUT2D eigenvalue weighted by molar-refractivity contribution is 5.94. The summed E-state index contributed by atoms with van der Waals surface area (Å²) >= 11 is 0. The number of nitrogens with zero attached hydrogens (tertiary/aromatic N) is 2. The van der Waals surface area contributed by atoms with Crippen LogP contribution in [-0.2, 0) is 9.59 Å². The summed E-state index contributed by atoms with van der Waals surface area (Å²) in [5.74, 6) is -0.0926. The molecule has 26 heavy (non-hydrogen) atoms. The van der Waals surface area contributed by atoms with Gasteiger partial charge in [-0.15, -0.1) is 0 Å². The average Bonchev–Trinajstić information content (AvgIpc) is 2.67. The number of nitrogens with one attached hydrogen (secondary N) is 2. The average molecular weight is 360 g/mol. The van der Waals surface area contributed by atoms with Crippen LogP contribution in [0.15, 0.2) is 30.3 Å². The number of piperazine rings is 1. The summed E-state index contributed by atoms with van der Waals surface area (Å²) in [4.78, 5) is 39.8. The SMILES string of the molecule is CCCNC(=O)CN1CCN(C(=O)CCNC(=O)c2ccccc2)CC1. The van der Waals surface area contributed by atoms with Crippen LogP contribution in [0.4, 0.5) is 0 Å². The van der Waals surface area contributed by atoms with Crippen molar-refractivity contribution in [1.82, 2.24) is 20.4 Å². The zero-order valence-corrected chi connectivity index (χ0v) is 15.4. The fraction of sp³-hybridized carbons (Fsp3) is 0.526. The molecule has 1 aromatic rings. The van der Waals surface area contributed by atoms with Crippen LogP contribution in [0.1, 0.15) is 30.1 Å². The van der Waals surface area contributed by atoms with Gasteiger partial charge in [0.05, 0.1) is 6.54 Å². The van der Waals surface area contributed by atoms with Gasteiger partial charge in [-0.1, -0.05) is 25.1 Å². The minimum Gasteiger partial charge on any atom is -0.355 e. The highest BCUT2D eigenvalue weighted by atomic mass is 16.2. The molecule has 1 aliphatic rings. The number of benzene rings is 1. The Morgan fingerprint density at radius 1 is 0.962 bits per heavy atom. The van der Waals surface area contributed by atoms with Gasteiger partial charge in [0.25, 0.3) is 5.91 Å². The van der Waals surface area contributed by atoms with E-state index in [1.54, 1.807) is 17.0 Å². The maximum atomic E-state index is 12.3. The second-order valence-electron chi connectivity index (χ2n) is 6.38. The summed E-state index contributed by atoms with van der Waals surface area (Å²) in [6, 6.07) is 8.96. The van der Waals surface area contributed by atoms with E-state index in [4.69, 9.17) is 0 Å². The fourth-order valence-corrected chi connectivity index (χ4v) is 2.81. The molecule has 0 unspecified atom stereocenters. The van der Waals surface area contributed by atoms with Crippen molar-refractivity contribution >= 4 is 17.7 Å². The quantitative estimate of drug-likeness (QED) is 0.706. The minimum atomic E-state index is -0.165. The molecule has 0 spiro atoms. The second kappa shape index (κ2) is 10.6. The summed E-state index contributed by atoms with van der Waals surface area (Å²) in [5, 5.41) is 5.64. The Bertz CT molecular complexity index is 598. The number of rotatable bonds is 8. The normalized spacial score (nSPS) is 14.7. The van der Waals surface area contributed by atoms with Gasteiger partial charge in [0.1, 0.15) is 0 Å². The molecule has 0 atom stereocenters. The largest absolute Gasteiger partial charge is 0.355 e. The third-order valence-corrected chi connectivity index (χ3v) is 4.32. The van der Waals surface area contributed by atoms with E-state index in [1.165, 1.54) is 0 Å². The monoisotopic (exact) mass is 360 g/mol. The highest BCUT2D eigenvalue weighted by Crippen LogP contribution is 2.04. The van der Waals surface area contributed by atoms with Crippen molar-refractivity contribution in [3.63, 3.8) is 0 Å². The molecule has 2 N–H and O–H groups in total. The van der Waals surface area contributed by atoms with Crippen LogP contribution in [0.5, 0.6) is 0 Å². The molecule has 1 heterocycles. The molecular formula is C19H28N4O3. The number of carbonyl (C=O) groups excluding carboxylic acids is 3. The number of amides is 3. The van der Waals surface area contributed by atoms with E-state index < -0.39 is 0 Å². The lowest BCUT2D eigenvalue weighted by Crippen LogP contribution is -2.51. The fourth-order valence-electron chi connectivity index (χ4n) is 2.81. The van der Waals surface area contributed by atoms with E-state index in [2.05, 4.69) is 15.5 Å². The van der Waals surface area contributed by atoms with E-state index in [-0.39, 0.29) is 24.1 Å². The topological polar surface area (TPSA) is 81.8 Å². The Morgan fingerprint density at radius 2 is 1.65 bits per heavy atom. The third kappa shape index (κ3) is 6.48. The second-order valence-corrected chi connectivity index (χ2v) is 6.38. The number of hydrogen-bond donors (Lipinski definition) is 2. The Kier molecular flexibility index (Phi) is 8.08. The molecule has 7 nitrogen and oxygen atoms in total. The van der Waals surface area contributed by atoms with E-state index in [0.717, 1.165) is 6.42 Å². The predicted octanol–water partition coefficient (Wildman–Crippen LogP) is 0.477. The molecule has 3 amide bonds. The minimum absolute atomic E-state index is 0.0356. The lowest BCUT2D eigenvalue weighted by molar-refractivity contribution is -0.133. The Hall–Kier alpha value is -2.41. The number of hydrogen-bond acceptors (Lipinski definition) is 4. The van der Waals surface area contributed by atoms with Crippen LogP contribution in [-0.4, -0.2) is 73.3 Å². The van der Waals surface area contributed by atoms with Crippen molar-refractivity contribution in [2.24, 2.45) is 0 Å². The predicted molar refractivity (Wildman–Crippen MR) is 99.7 cm³/mol. The summed E-state index contributed by atoms with van der Waals surface area (Å²) in [6.07, 6.45) is 1.21. The standard InChI is InChI=1S/C19H28N4O3/c1-2-9-20-17(24)15-22-11-13-23(14-12-22)18(25)8-10-21-19(26)16-6-4-3-5-7-16/h3-7H,2,8-15H2,1H3,(H,20,24)(H,21,26). The number of carbonyl (C=O) groups is 3. The zero-order chi connectivity index (χ0) is 18.8. The van der Waals surface area contributed by atoms with E-state index in [9.17, 15) is 14.4 Å². The maximum Gasteiger partial charge on any atom is 0.251 e. The maximum absolute atomic E-state index is 12.3. The van der Waals surface area contributed by atoms with Gasteiger partial charge in [0.2, 0.25) is 11.8 Å². The molecule has 2 rings (SSSR count). The van der Waals surface area contributed by atoms with Gasteiger partial charge in [-0.2, -0.15) is 0 Å². The molecule has 7 heteroatoms. The smallest absolute Gasteiger partial charge is 0.251 e. The molecule has 0 aromatic heterocycles. The van der Waals surface area contributed by atoms with Crippen LogP contribution < -0.4 is 10.6 Å². The zero-order valence-electron chi connectivity index (χ0n) is 15.4. The summed E-state index contributed by atoms with van der Waals surface area (Å²) in [6.45, 7) is 6.06. The Balaban J connectivity index is 1.64. The molecule has 1 aromatic carbocycles. The van der Waals surface area contributed by atoms with E-state index in [0.29, 0.717) is 51.4 Å². The van der Waals surface area contributed by atoms with Gasteiger partial charge in [-0.25, -0.2) is 0 Å². The van der Waals surface area contributed by atoms with Crippen LogP contribution in [0.25, 0.3) is 0 Å². The van der Waals surface area contributed by atoms with Crippen LogP contribution >= 0.6 is 0 Å². The molecule has 142 valence electrons. The summed E-state index contributed by atoms with van der Waals surface area (Å²) < 4.78 is 0. The van der Waals surface area contributed by atoms with Crippen LogP contribution in [0.2, 0.25) is 0 Å². The van der Waals surface area contributed by atoms with Crippen molar-refractivity contribution in [3.8, 4) is 0 Å². The van der Waals surface area contributed by atoms with Gasteiger partial charge in [-0.3, -0.25) is 19.3 Å². The molecular weight excluding hydrogens is 332 g/mol. The molecule has 0 radical (unpaired) electrons. The summed E-state index contributed by atoms with van der Waals surface area (Å²) in [5.41, 5.74) is 0.593. The lowest BCUT2D eigenvalue weighted by atomic mass is 10.2. The van der Waals surface area contributed by atoms with Gasteiger partial charge < -0.3 is 15.5 Å². The Labute approximate surface area is 154 Å². The van der Waals surface area contributed by atoms with E-state index in [1.807, 2.05) is 25.1 Å². The van der Waals surface area contributed by atoms with Crippen LogP contribution in [0, 0.1) is 0 Å². The highest BCUT2D eigenvalue weighted by Gasteiger charge is 2.22. The molecule has 1 saturated heterocycles. The molecule has 1 aliphatic heterocycles. The first kappa shape index (κ1) is 19.9. The lowest BCUT2D eigenvalue weighted by Gasteiger charge is -2.34. The molecule has 0 aliphatic carbocycles. The third-order valence-electron chi connectivity index (χ3n) is 4.32. The van der Waals surface area contributed by atoms with Crippen molar-refractivity contribution < 1.29 is 14.4 Å². The molecule has 0 saturated carbocycles.